The molecule has 1 rings (SSSR count). The fraction of sp³-hybridized carbons (Fsp3) is 0.600. The van der Waals surface area contributed by atoms with Gasteiger partial charge >= 0.3 is 5.97 Å². The number of aromatic nitrogens is 2. The zero-order valence-corrected chi connectivity index (χ0v) is 10.8. The van der Waals surface area contributed by atoms with E-state index in [2.05, 4.69) is 9.88 Å². The molecular formula is C10H17N3O2S. The van der Waals surface area contributed by atoms with E-state index in [1.165, 1.54) is 7.11 Å². The quantitative estimate of drug-likeness (QED) is 0.632. The van der Waals surface area contributed by atoms with Crippen LogP contribution < -0.4 is 0 Å². The van der Waals surface area contributed by atoms with E-state index in [1.807, 2.05) is 25.7 Å². The number of nitrogens with one attached hydrogen (secondary N) is 1. The molecule has 1 heterocycles. The number of methoxy groups -OCH3 is 1. The lowest BCUT2D eigenvalue weighted by molar-refractivity contribution is 0.0593. The van der Waals surface area contributed by atoms with Gasteiger partial charge in [-0.15, -0.1) is 0 Å². The van der Waals surface area contributed by atoms with Gasteiger partial charge in [-0.1, -0.05) is 0 Å². The van der Waals surface area contributed by atoms with Gasteiger partial charge in [0, 0.05) is 20.0 Å². The molecule has 0 aliphatic carbocycles. The Bertz CT molecular complexity index is 434. The predicted octanol–water partition coefficient (Wildman–Crippen LogP) is 0.973. The monoisotopic (exact) mass is 243 g/mol. The number of rotatable bonds is 4. The number of carbonyl (C=O) groups is 1. The van der Waals surface area contributed by atoms with Crippen LogP contribution in [-0.4, -0.2) is 48.2 Å². The third kappa shape index (κ3) is 2.70. The fourth-order valence-corrected chi connectivity index (χ4v) is 1.66. The minimum Gasteiger partial charge on any atom is -0.464 e. The van der Waals surface area contributed by atoms with Crippen molar-refractivity contribution in [3.05, 3.63) is 16.2 Å². The van der Waals surface area contributed by atoms with E-state index in [0.717, 1.165) is 18.7 Å². The average molecular weight is 243 g/mol. The first-order chi connectivity index (χ1) is 7.47. The molecule has 0 aliphatic heterocycles. The maximum atomic E-state index is 11.5. The first-order valence-corrected chi connectivity index (χ1v) is 5.39. The van der Waals surface area contributed by atoms with Crippen molar-refractivity contribution in [2.45, 2.75) is 6.42 Å². The Morgan fingerprint density at radius 2 is 2.19 bits per heavy atom. The van der Waals surface area contributed by atoms with Gasteiger partial charge in [0.15, 0.2) is 4.77 Å². The molecule has 0 unspecified atom stereocenters. The van der Waals surface area contributed by atoms with E-state index in [9.17, 15) is 4.79 Å². The molecule has 0 bridgehead atoms. The highest BCUT2D eigenvalue weighted by molar-refractivity contribution is 7.71. The van der Waals surface area contributed by atoms with Crippen LogP contribution in [0, 0.1) is 4.77 Å². The zero-order valence-electron chi connectivity index (χ0n) is 10.0. The topological polar surface area (TPSA) is 50.3 Å². The van der Waals surface area contributed by atoms with Gasteiger partial charge < -0.3 is 19.2 Å². The minimum absolute atomic E-state index is 0.375. The molecule has 90 valence electrons. The number of imidazole rings is 1. The van der Waals surface area contributed by atoms with Crippen molar-refractivity contribution in [1.29, 1.82) is 0 Å². The first-order valence-electron chi connectivity index (χ1n) is 4.98. The summed E-state index contributed by atoms with van der Waals surface area (Å²) in [5.41, 5.74) is 1.34. The van der Waals surface area contributed by atoms with Crippen LogP contribution >= 0.6 is 12.2 Å². The standard InChI is InChI=1S/C10H17N3O2S/c1-12(2)6-5-7-8(9(14)15-4)11-10(16)13(7)3/h5-6H2,1-4H3,(H,11,16). The number of ether oxygens (including phenoxy) is 1. The molecule has 0 saturated carbocycles. The second kappa shape index (κ2) is 5.27. The normalized spacial score (nSPS) is 10.8. The number of likely N-dealkylation sites (N-methyl/N-ethyl adjacent to an activating group) is 1. The van der Waals surface area contributed by atoms with E-state index < -0.39 is 0 Å². The summed E-state index contributed by atoms with van der Waals surface area (Å²) < 4.78 is 7.06. The fourth-order valence-electron chi connectivity index (χ4n) is 1.45. The van der Waals surface area contributed by atoms with Crippen molar-refractivity contribution in [2.75, 3.05) is 27.7 Å². The molecule has 1 N–H and O–H groups in total. The Hall–Kier alpha value is -1.14. The van der Waals surface area contributed by atoms with Gasteiger partial charge in [0.05, 0.1) is 12.8 Å². The highest BCUT2D eigenvalue weighted by atomic mass is 32.1. The van der Waals surface area contributed by atoms with Gasteiger partial charge in [0.2, 0.25) is 0 Å². The number of hydrogen-bond donors (Lipinski definition) is 1. The number of esters is 1. The summed E-state index contributed by atoms with van der Waals surface area (Å²) in [5, 5.41) is 0. The second-order valence-electron chi connectivity index (χ2n) is 3.86. The van der Waals surface area contributed by atoms with Crippen LogP contribution in [0.3, 0.4) is 0 Å². The Morgan fingerprint density at radius 3 is 2.69 bits per heavy atom. The predicted molar refractivity (Wildman–Crippen MR) is 64.2 cm³/mol. The molecule has 1 aromatic heterocycles. The second-order valence-corrected chi connectivity index (χ2v) is 4.24. The van der Waals surface area contributed by atoms with E-state index in [1.54, 1.807) is 0 Å². The van der Waals surface area contributed by atoms with Crippen molar-refractivity contribution in [3.8, 4) is 0 Å². The maximum Gasteiger partial charge on any atom is 0.356 e. The molecule has 5 nitrogen and oxygen atoms in total. The van der Waals surface area contributed by atoms with Crippen LogP contribution in [0.5, 0.6) is 0 Å². The van der Waals surface area contributed by atoms with E-state index in [4.69, 9.17) is 17.0 Å². The van der Waals surface area contributed by atoms with Crippen molar-refractivity contribution in [1.82, 2.24) is 14.5 Å². The summed E-state index contributed by atoms with van der Waals surface area (Å²) in [7, 11) is 7.18. The van der Waals surface area contributed by atoms with Crippen LogP contribution in [0.25, 0.3) is 0 Å². The Morgan fingerprint density at radius 1 is 1.56 bits per heavy atom. The largest absolute Gasteiger partial charge is 0.464 e. The maximum absolute atomic E-state index is 11.5. The van der Waals surface area contributed by atoms with Gasteiger partial charge in [-0.3, -0.25) is 0 Å². The Balaban J connectivity index is 3.04. The number of H-pyrrole nitrogens is 1. The van der Waals surface area contributed by atoms with Gasteiger partial charge in [0.25, 0.3) is 0 Å². The van der Waals surface area contributed by atoms with Gasteiger partial charge in [-0.2, -0.15) is 0 Å². The molecule has 0 atom stereocenters. The molecule has 16 heavy (non-hydrogen) atoms. The smallest absolute Gasteiger partial charge is 0.356 e. The Kier molecular flexibility index (Phi) is 4.26. The molecule has 1 aromatic rings. The summed E-state index contributed by atoms with van der Waals surface area (Å²) in [4.78, 5) is 16.4. The van der Waals surface area contributed by atoms with Crippen LogP contribution in [-0.2, 0) is 18.2 Å². The molecule has 6 heteroatoms. The highest BCUT2D eigenvalue weighted by Crippen LogP contribution is 2.10. The van der Waals surface area contributed by atoms with Gasteiger partial charge in [0.1, 0.15) is 5.69 Å². The zero-order chi connectivity index (χ0) is 12.3. The molecule has 0 radical (unpaired) electrons. The van der Waals surface area contributed by atoms with E-state index in [-0.39, 0.29) is 5.97 Å². The van der Waals surface area contributed by atoms with Crippen molar-refractivity contribution in [2.24, 2.45) is 7.05 Å². The van der Waals surface area contributed by atoms with E-state index in [0.29, 0.717) is 10.5 Å². The Labute approximate surface area is 100 Å². The van der Waals surface area contributed by atoms with Crippen LogP contribution in [0.15, 0.2) is 0 Å². The SMILES string of the molecule is COC(=O)c1[nH]c(=S)n(C)c1CCN(C)C. The lowest BCUT2D eigenvalue weighted by atomic mass is 10.2. The molecule has 0 aromatic carbocycles. The third-order valence-electron chi connectivity index (χ3n) is 2.42. The molecule has 0 fully saturated rings. The van der Waals surface area contributed by atoms with E-state index >= 15 is 0 Å². The van der Waals surface area contributed by atoms with Crippen LogP contribution in [0.4, 0.5) is 0 Å². The summed E-state index contributed by atoms with van der Waals surface area (Å²) in [6.07, 6.45) is 0.751. The van der Waals surface area contributed by atoms with Crippen molar-refractivity contribution < 1.29 is 9.53 Å². The average Bonchev–Trinajstić information content (AvgIpc) is 2.52. The third-order valence-corrected chi connectivity index (χ3v) is 2.79. The molecule has 0 spiro atoms. The van der Waals surface area contributed by atoms with Crippen molar-refractivity contribution in [3.63, 3.8) is 0 Å². The molecule has 0 aliphatic rings. The summed E-state index contributed by atoms with van der Waals surface area (Å²) in [5.74, 6) is -0.375. The lowest BCUT2D eigenvalue weighted by Gasteiger charge is -2.10. The summed E-state index contributed by atoms with van der Waals surface area (Å²) in [6.45, 7) is 0.852. The van der Waals surface area contributed by atoms with Crippen LogP contribution in [0.2, 0.25) is 0 Å². The van der Waals surface area contributed by atoms with Crippen molar-refractivity contribution >= 4 is 18.2 Å². The number of nitrogens with zero attached hydrogens (tertiary/aromatic N) is 2. The lowest BCUT2D eigenvalue weighted by Crippen LogP contribution is -2.18. The van der Waals surface area contributed by atoms with Crippen LogP contribution in [0.1, 0.15) is 16.2 Å². The minimum atomic E-state index is -0.375. The summed E-state index contributed by atoms with van der Waals surface area (Å²) >= 11 is 5.09. The highest BCUT2D eigenvalue weighted by Gasteiger charge is 2.17. The number of aromatic amines is 1. The number of hydrogen-bond acceptors (Lipinski definition) is 4. The summed E-state index contributed by atoms with van der Waals surface area (Å²) in [6, 6.07) is 0. The van der Waals surface area contributed by atoms with Gasteiger partial charge in [-0.05, 0) is 26.3 Å². The number of carbonyl (C=O) groups excluding carboxylic acids is 1. The van der Waals surface area contributed by atoms with Gasteiger partial charge in [-0.25, -0.2) is 4.79 Å². The molecule has 0 amide bonds. The molecule has 0 saturated heterocycles. The first kappa shape index (κ1) is 12.9. The molecular weight excluding hydrogens is 226 g/mol.